The smallest absolute Gasteiger partial charge is 0.416 e. The lowest BCUT2D eigenvalue weighted by Gasteiger charge is -2.09. The van der Waals surface area contributed by atoms with E-state index < -0.39 is 17.6 Å². The number of nitrogens with zero attached hydrogens (tertiary/aromatic N) is 4. The number of carbonyl (C=O) groups excluding carboxylic acids is 1. The summed E-state index contributed by atoms with van der Waals surface area (Å²) in [7, 11) is 1.58. The fraction of sp³-hybridized carbons (Fsp3) is 0.143. The molecule has 0 radical (unpaired) electrons. The summed E-state index contributed by atoms with van der Waals surface area (Å²) in [6.07, 6.45) is -4.53. The lowest BCUT2D eigenvalue weighted by Crippen LogP contribution is -2.24. The SMILES string of the molecule is COc1ccc(-c2ccc3nnc(CNC(=O)c4cccc(C(F)(F)F)c4)n3n2)cc1. The van der Waals surface area contributed by atoms with Gasteiger partial charge in [-0.15, -0.1) is 10.2 Å². The number of ether oxygens (including phenoxy) is 1. The van der Waals surface area contributed by atoms with E-state index in [0.717, 1.165) is 17.7 Å². The van der Waals surface area contributed by atoms with Crippen LogP contribution < -0.4 is 10.1 Å². The highest BCUT2D eigenvalue weighted by Gasteiger charge is 2.30. The minimum Gasteiger partial charge on any atom is -0.497 e. The predicted molar refractivity (Wildman–Crippen MR) is 105 cm³/mol. The Balaban J connectivity index is 1.54. The van der Waals surface area contributed by atoms with E-state index in [2.05, 4.69) is 20.6 Å². The molecule has 0 fully saturated rings. The maximum absolute atomic E-state index is 12.9. The Kier molecular flexibility index (Phi) is 5.28. The van der Waals surface area contributed by atoms with Crippen LogP contribution in [0.1, 0.15) is 21.7 Å². The topological polar surface area (TPSA) is 81.4 Å². The van der Waals surface area contributed by atoms with Gasteiger partial charge >= 0.3 is 6.18 Å². The van der Waals surface area contributed by atoms with Crippen LogP contribution in [-0.2, 0) is 12.7 Å². The summed E-state index contributed by atoms with van der Waals surface area (Å²) in [5.41, 5.74) is 0.978. The first kappa shape index (κ1) is 20.3. The van der Waals surface area contributed by atoms with Gasteiger partial charge in [0.05, 0.1) is 24.9 Å². The lowest BCUT2D eigenvalue weighted by molar-refractivity contribution is -0.137. The maximum Gasteiger partial charge on any atom is 0.416 e. The van der Waals surface area contributed by atoms with Crippen molar-refractivity contribution >= 4 is 11.6 Å². The van der Waals surface area contributed by atoms with Gasteiger partial charge in [0, 0.05) is 11.1 Å². The van der Waals surface area contributed by atoms with Crippen molar-refractivity contribution in [1.82, 2.24) is 25.1 Å². The lowest BCUT2D eigenvalue weighted by atomic mass is 10.1. The summed E-state index contributed by atoms with van der Waals surface area (Å²) in [4.78, 5) is 12.3. The highest BCUT2D eigenvalue weighted by molar-refractivity contribution is 5.94. The number of aromatic nitrogens is 4. The molecule has 7 nitrogen and oxygen atoms in total. The van der Waals surface area contributed by atoms with E-state index in [1.165, 1.54) is 16.6 Å². The van der Waals surface area contributed by atoms with Crippen molar-refractivity contribution in [2.75, 3.05) is 7.11 Å². The molecule has 2 aromatic carbocycles. The summed E-state index contributed by atoms with van der Waals surface area (Å²) >= 11 is 0. The first-order valence-electron chi connectivity index (χ1n) is 9.16. The molecule has 0 spiro atoms. The van der Waals surface area contributed by atoms with Gasteiger partial charge in [-0.3, -0.25) is 4.79 Å². The highest BCUT2D eigenvalue weighted by Crippen LogP contribution is 2.29. The molecule has 0 unspecified atom stereocenters. The second-order valence-electron chi connectivity index (χ2n) is 6.59. The number of carbonyl (C=O) groups is 1. The van der Waals surface area contributed by atoms with Crippen LogP contribution in [0.3, 0.4) is 0 Å². The molecule has 4 rings (SSSR count). The minimum atomic E-state index is -4.53. The first-order valence-corrected chi connectivity index (χ1v) is 9.16. The van der Waals surface area contributed by atoms with E-state index >= 15 is 0 Å². The second-order valence-corrected chi connectivity index (χ2v) is 6.59. The molecule has 158 valence electrons. The number of nitrogens with one attached hydrogen (secondary N) is 1. The number of hydrogen-bond donors (Lipinski definition) is 1. The van der Waals surface area contributed by atoms with Gasteiger partial charge < -0.3 is 10.1 Å². The van der Waals surface area contributed by atoms with Gasteiger partial charge in [0.2, 0.25) is 0 Å². The molecule has 31 heavy (non-hydrogen) atoms. The van der Waals surface area contributed by atoms with Crippen LogP contribution in [0.15, 0.2) is 60.7 Å². The van der Waals surface area contributed by atoms with E-state index in [1.54, 1.807) is 19.2 Å². The maximum atomic E-state index is 12.9. The van der Waals surface area contributed by atoms with Crippen molar-refractivity contribution < 1.29 is 22.7 Å². The Hall–Kier alpha value is -3.95. The Morgan fingerprint density at radius 1 is 1.06 bits per heavy atom. The van der Waals surface area contributed by atoms with Crippen molar-refractivity contribution in [3.05, 3.63) is 77.6 Å². The van der Waals surface area contributed by atoms with Gasteiger partial charge in [-0.05, 0) is 54.6 Å². The number of halogens is 3. The number of hydrogen-bond acceptors (Lipinski definition) is 5. The quantitative estimate of drug-likeness (QED) is 0.525. The summed E-state index contributed by atoms with van der Waals surface area (Å²) in [5.74, 6) is 0.395. The van der Waals surface area contributed by atoms with Crippen LogP contribution >= 0.6 is 0 Å². The van der Waals surface area contributed by atoms with Crippen molar-refractivity contribution in [3.8, 4) is 17.0 Å². The number of benzene rings is 2. The average Bonchev–Trinajstić information content (AvgIpc) is 3.19. The highest BCUT2D eigenvalue weighted by atomic mass is 19.4. The van der Waals surface area contributed by atoms with E-state index in [9.17, 15) is 18.0 Å². The van der Waals surface area contributed by atoms with E-state index in [4.69, 9.17) is 4.74 Å². The molecule has 0 bridgehead atoms. The summed E-state index contributed by atoms with van der Waals surface area (Å²) in [5, 5.41) is 15.1. The van der Waals surface area contributed by atoms with Crippen LogP contribution in [0.5, 0.6) is 5.75 Å². The molecule has 1 N–H and O–H groups in total. The molecule has 1 amide bonds. The monoisotopic (exact) mass is 427 g/mol. The fourth-order valence-electron chi connectivity index (χ4n) is 2.96. The Bertz CT molecular complexity index is 1240. The van der Waals surface area contributed by atoms with E-state index in [0.29, 0.717) is 22.9 Å². The number of alkyl halides is 3. The molecule has 4 aromatic rings. The zero-order chi connectivity index (χ0) is 22.0. The summed E-state index contributed by atoms with van der Waals surface area (Å²) < 4.78 is 45.2. The normalized spacial score (nSPS) is 11.5. The van der Waals surface area contributed by atoms with Gasteiger partial charge in [-0.1, -0.05) is 6.07 Å². The van der Waals surface area contributed by atoms with E-state index in [1.807, 2.05) is 24.3 Å². The van der Waals surface area contributed by atoms with Gasteiger partial charge in [0.25, 0.3) is 5.91 Å². The van der Waals surface area contributed by atoms with Gasteiger partial charge in [0.15, 0.2) is 11.5 Å². The number of fused-ring (bicyclic) bond motifs is 1. The largest absolute Gasteiger partial charge is 0.497 e. The van der Waals surface area contributed by atoms with Crippen molar-refractivity contribution in [2.45, 2.75) is 12.7 Å². The third-order valence-corrected chi connectivity index (χ3v) is 4.57. The van der Waals surface area contributed by atoms with Crippen LogP contribution in [-0.4, -0.2) is 32.8 Å². The summed E-state index contributed by atoms with van der Waals surface area (Å²) in [6.45, 7) is -0.0602. The van der Waals surface area contributed by atoms with Crippen LogP contribution in [0, 0.1) is 0 Å². The zero-order valence-electron chi connectivity index (χ0n) is 16.2. The predicted octanol–water partition coefficient (Wildman–Crippen LogP) is 3.75. The Morgan fingerprint density at radius 3 is 2.55 bits per heavy atom. The first-order chi connectivity index (χ1) is 14.8. The van der Waals surface area contributed by atoms with Crippen molar-refractivity contribution in [2.24, 2.45) is 0 Å². The molecule has 0 aliphatic heterocycles. The number of amides is 1. The molecule has 0 saturated heterocycles. The number of rotatable bonds is 5. The van der Waals surface area contributed by atoms with Gasteiger partial charge in [-0.2, -0.15) is 22.8 Å². The third kappa shape index (κ3) is 4.32. The van der Waals surface area contributed by atoms with Gasteiger partial charge in [-0.25, -0.2) is 0 Å². The molecular formula is C21H16F3N5O2. The molecule has 0 aliphatic rings. The average molecular weight is 427 g/mol. The van der Waals surface area contributed by atoms with Crippen molar-refractivity contribution in [3.63, 3.8) is 0 Å². The van der Waals surface area contributed by atoms with E-state index in [-0.39, 0.29) is 12.1 Å². The van der Waals surface area contributed by atoms with Crippen LogP contribution in [0.25, 0.3) is 16.9 Å². The number of methoxy groups -OCH3 is 1. The molecule has 0 atom stereocenters. The standard InChI is InChI=1S/C21H16F3N5O2/c1-31-16-7-5-13(6-8-16)17-9-10-18-26-27-19(29(18)28-17)12-25-20(30)14-3-2-4-15(11-14)21(22,23)24/h2-11H,12H2,1H3,(H,25,30). The molecule has 0 aliphatic carbocycles. The molecular weight excluding hydrogens is 411 g/mol. The molecule has 2 heterocycles. The molecule has 2 aromatic heterocycles. The fourth-order valence-corrected chi connectivity index (χ4v) is 2.96. The molecule has 10 heteroatoms. The molecule has 0 saturated carbocycles. The third-order valence-electron chi connectivity index (χ3n) is 4.57. The van der Waals surface area contributed by atoms with Crippen LogP contribution in [0.2, 0.25) is 0 Å². The summed E-state index contributed by atoms with van der Waals surface area (Å²) in [6, 6.07) is 15.1. The van der Waals surface area contributed by atoms with Gasteiger partial charge in [0.1, 0.15) is 5.75 Å². The van der Waals surface area contributed by atoms with Crippen molar-refractivity contribution in [1.29, 1.82) is 0 Å². The zero-order valence-corrected chi connectivity index (χ0v) is 16.2. The Morgan fingerprint density at radius 2 is 1.84 bits per heavy atom. The minimum absolute atomic E-state index is 0.0602. The Labute approximate surface area is 174 Å². The second kappa shape index (κ2) is 8.05. The van der Waals surface area contributed by atoms with Crippen LogP contribution in [0.4, 0.5) is 13.2 Å².